The van der Waals surface area contributed by atoms with Crippen LogP contribution in [0.1, 0.15) is 23.1 Å². The molecule has 0 atom stereocenters. The summed E-state index contributed by atoms with van der Waals surface area (Å²) >= 11 is 5.89. The molecule has 2 N–H and O–H groups in total. The van der Waals surface area contributed by atoms with Crippen molar-refractivity contribution in [2.45, 2.75) is 19.6 Å². The van der Waals surface area contributed by atoms with E-state index in [1.54, 1.807) is 12.1 Å². The molecule has 0 saturated carbocycles. The molecule has 0 aliphatic heterocycles. The highest BCUT2D eigenvalue weighted by atomic mass is 35.5. The maximum atomic E-state index is 11.6. The summed E-state index contributed by atoms with van der Waals surface area (Å²) in [6.07, 6.45) is 4.06. The van der Waals surface area contributed by atoms with E-state index in [4.69, 9.17) is 16.3 Å². The molecule has 0 spiro atoms. The lowest BCUT2D eigenvalue weighted by Gasteiger charge is -2.06. The van der Waals surface area contributed by atoms with Gasteiger partial charge in [0.15, 0.2) is 0 Å². The minimum Gasteiger partial charge on any atom is -0.445 e. The fourth-order valence-corrected chi connectivity index (χ4v) is 2.31. The third-order valence-electron chi connectivity index (χ3n) is 3.37. The zero-order valence-corrected chi connectivity index (χ0v) is 14.0. The summed E-state index contributed by atoms with van der Waals surface area (Å²) < 4.78 is 5.12. The smallest absolute Gasteiger partial charge is 0.407 e. The van der Waals surface area contributed by atoms with Gasteiger partial charge in [0.05, 0.1) is 6.61 Å². The van der Waals surface area contributed by atoms with E-state index >= 15 is 0 Å². The number of hydrogen-bond donors (Lipinski definition) is 2. The van der Waals surface area contributed by atoms with Crippen molar-refractivity contribution in [1.29, 1.82) is 0 Å². The summed E-state index contributed by atoms with van der Waals surface area (Å²) in [6, 6.07) is 14.9. The number of carbonyl (C=O) groups excluding carboxylic acids is 1. The van der Waals surface area contributed by atoms with E-state index in [1.165, 1.54) is 0 Å². The predicted molar refractivity (Wildman–Crippen MR) is 95.7 cm³/mol. The van der Waals surface area contributed by atoms with Crippen LogP contribution >= 0.6 is 11.6 Å². The molecular formula is C19H20ClNO3. The van der Waals surface area contributed by atoms with E-state index in [-0.39, 0.29) is 13.2 Å². The Kier molecular flexibility index (Phi) is 7.33. The first-order chi connectivity index (χ1) is 11.7. The van der Waals surface area contributed by atoms with Gasteiger partial charge in [-0.2, -0.15) is 0 Å². The van der Waals surface area contributed by atoms with Gasteiger partial charge in [-0.1, -0.05) is 60.2 Å². The molecule has 0 aliphatic carbocycles. The number of nitrogens with one attached hydrogen (secondary N) is 1. The topological polar surface area (TPSA) is 58.6 Å². The Labute approximate surface area is 146 Å². The van der Waals surface area contributed by atoms with Gasteiger partial charge < -0.3 is 15.2 Å². The number of carbonyl (C=O) groups is 1. The Bertz CT molecular complexity index is 686. The van der Waals surface area contributed by atoms with Gasteiger partial charge in [0.25, 0.3) is 0 Å². The lowest BCUT2D eigenvalue weighted by Crippen LogP contribution is -2.24. The van der Waals surface area contributed by atoms with Crippen molar-refractivity contribution < 1.29 is 14.6 Å². The van der Waals surface area contributed by atoms with Crippen LogP contribution in [0.5, 0.6) is 0 Å². The van der Waals surface area contributed by atoms with Crippen LogP contribution in [0.4, 0.5) is 4.79 Å². The summed E-state index contributed by atoms with van der Waals surface area (Å²) in [7, 11) is 0. The van der Waals surface area contributed by atoms with Crippen molar-refractivity contribution in [3.63, 3.8) is 0 Å². The molecule has 4 nitrogen and oxygen atoms in total. The summed E-state index contributed by atoms with van der Waals surface area (Å²) in [5.41, 5.74) is 2.63. The molecule has 0 saturated heterocycles. The van der Waals surface area contributed by atoms with Crippen LogP contribution in [0, 0.1) is 0 Å². The van der Waals surface area contributed by atoms with Gasteiger partial charge in [-0.15, -0.1) is 0 Å². The van der Waals surface area contributed by atoms with Gasteiger partial charge in [0.2, 0.25) is 0 Å². The number of hydrogen-bond acceptors (Lipinski definition) is 3. The highest BCUT2D eigenvalue weighted by Gasteiger charge is 2.01. The number of rotatable bonds is 7. The van der Waals surface area contributed by atoms with Crippen molar-refractivity contribution in [3.8, 4) is 0 Å². The van der Waals surface area contributed by atoms with Gasteiger partial charge in [0, 0.05) is 11.6 Å². The number of aliphatic hydroxyl groups excluding tert-OH is 1. The summed E-state index contributed by atoms with van der Waals surface area (Å²) in [4.78, 5) is 11.6. The van der Waals surface area contributed by atoms with E-state index in [0.29, 0.717) is 18.0 Å². The predicted octanol–water partition coefficient (Wildman–Crippen LogP) is 4.16. The largest absolute Gasteiger partial charge is 0.445 e. The summed E-state index contributed by atoms with van der Waals surface area (Å²) in [5.74, 6) is 0. The lowest BCUT2D eigenvalue weighted by atomic mass is 10.1. The van der Waals surface area contributed by atoms with Crippen LogP contribution in [0.2, 0.25) is 5.02 Å². The highest BCUT2D eigenvalue weighted by Crippen LogP contribution is 2.17. The molecule has 0 fully saturated rings. The Morgan fingerprint density at radius 3 is 2.75 bits per heavy atom. The molecule has 0 heterocycles. The van der Waals surface area contributed by atoms with Crippen molar-refractivity contribution in [1.82, 2.24) is 5.32 Å². The van der Waals surface area contributed by atoms with Gasteiger partial charge in [-0.3, -0.25) is 0 Å². The second kappa shape index (κ2) is 9.75. The molecule has 0 aliphatic rings. The van der Waals surface area contributed by atoms with Crippen LogP contribution in [0.15, 0.2) is 54.6 Å². The number of amides is 1. The van der Waals surface area contributed by atoms with Gasteiger partial charge in [-0.05, 0) is 35.2 Å². The normalized spacial score (nSPS) is 10.8. The van der Waals surface area contributed by atoms with Crippen LogP contribution < -0.4 is 5.32 Å². The average Bonchev–Trinajstić information content (AvgIpc) is 2.61. The molecule has 24 heavy (non-hydrogen) atoms. The van der Waals surface area contributed by atoms with Crippen molar-refractivity contribution in [2.75, 3.05) is 6.54 Å². The molecule has 0 unspecified atom stereocenters. The molecule has 5 heteroatoms. The van der Waals surface area contributed by atoms with Crippen LogP contribution in [-0.2, 0) is 18.0 Å². The standard InChI is InChI=1S/C19H20ClNO3/c20-18-10-9-16(17(12-18)13-22)8-4-5-11-21-19(23)24-14-15-6-2-1-3-7-15/h1-4,6-10,12,22H,5,11,13-14H2,(H,21,23). The van der Waals surface area contributed by atoms with Crippen LogP contribution in [0.25, 0.3) is 6.08 Å². The monoisotopic (exact) mass is 345 g/mol. The molecule has 0 aromatic heterocycles. The molecular weight excluding hydrogens is 326 g/mol. The van der Waals surface area contributed by atoms with E-state index < -0.39 is 6.09 Å². The molecule has 2 aromatic carbocycles. The van der Waals surface area contributed by atoms with E-state index in [2.05, 4.69) is 5.32 Å². The van der Waals surface area contributed by atoms with Crippen molar-refractivity contribution >= 4 is 23.8 Å². The zero-order valence-electron chi connectivity index (χ0n) is 13.2. The van der Waals surface area contributed by atoms with Crippen molar-refractivity contribution in [3.05, 3.63) is 76.3 Å². The Morgan fingerprint density at radius 2 is 2.00 bits per heavy atom. The molecule has 126 valence electrons. The third kappa shape index (κ3) is 6.07. The van der Waals surface area contributed by atoms with Gasteiger partial charge >= 0.3 is 6.09 Å². The fraction of sp³-hybridized carbons (Fsp3) is 0.211. The number of benzene rings is 2. The number of halogens is 1. The SMILES string of the molecule is O=C(NCCC=Cc1ccc(Cl)cc1CO)OCc1ccccc1. The number of aliphatic hydroxyl groups is 1. The first-order valence-electron chi connectivity index (χ1n) is 7.69. The molecule has 2 rings (SSSR count). The first-order valence-corrected chi connectivity index (χ1v) is 8.07. The minimum atomic E-state index is -0.435. The summed E-state index contributed by atoms with van der Waals surface area (Å²) in [6.45, 7) is 0.670. The molecule has 2 aromatic rings. The second-order valence-corrected chi connectivity index (χ2v) is 5.62. The average molecular weight is 346 g/mol. The van der Waals surface area contributed by atoms with Gasteiger partial charge in [-0.25, -0.2) is 4.79 Å². The Balaban J connectivity index is 1.69. The highest BCUT2D eigenvalue weighted by molar-refractivity contribution is 6.30. The maximum absolute atomic E-state index is 11.6. The molecule has 1 amide bonds. The van der Waals surface area contributed by atoms with Crippen LogP contribution in [-0.4, -0.2) is 17.7 Å². The number of ether oxygens (including phenoxy) is 1. The van der Waals surface area contributed by atoms with E-state index in [0.717, 1.165) is 16.7 Å². The zero-order chi connectivity index (χ0) is 17.2. The lowest BCUT2D eigenvalue weighted by molar-refractivity contribution is 0.140. The molecule has 0 radical (unpaired) electrons. The van der Waals surface area contributed by atoms with Crippen molar-refractivity contribution in [2.24, 2.45) is 0 Å². The third-order valence-corrected chi connectivity index (χ3v) is 3.60. The maximum Gasteiger partial charge on any atom is 0.407 e. The van der Waals surface area contributed by atoms with Crippen LogP contribution in [0.3, 0.4) is 0 Å². The fourth-order valence-electron chi connectivity index (χ4n) is 2.12. The second-order valence-electron chi connectivity index (χ2n) is 5.18. The van der Waals surface area contributed by atoms with Gasteiger partial charge in [0.1, 0.15) is 6.61 Å². The Morgan fingerprint density at radius 1 is 1.21 bits per heavy atom. The Hall–Kier alpha value is -2.30. The van der Waals surface area contributed by atoms with E-state index in [1.807, 2.05) is 48.6 Å². The van der Waals surface area contributed by atoms with E-state index in [9.17, 15) is 9.90 Å². The quantitative estimate of drug-likeness (QED) is 0.741. The first kappa shape index (κ1) is 18.0. The molecule has 0 bridgehead atoms. The minimum absolute atomic E-state index is 0.0652. The summed E-state index contributed by atoms with van der Waals surface area (Å²) in [5, 5.41) is 12.6. The number of alkyl carbamates (subject to hydrolysis) is 1.